The number of anilines is 1. The Labute approximate surface area is 95.2 Å². The number of rotatable bonds is 3. The zero-order chi connectivity index (χ0) is 12.3. The zero-order valence-electron chi connectivity index (χ0n) is 10.2. The highest BCUT2D eigenvalue weighted by Crippen LogP contribution is 2.18. The number of carbonyl (C=O) groups excluding carboxylic acids is 1. The third-order valence-electron chi connectivity index (χ3n) is 2.54. The smallest absolute Gasteiger partial charge is 0.242 e. The molecule has 1 atom stereocenters. The first-order chi connectivity index (χ1) is 7.29. The van der Waals surface area contributed by atoms with Gasteiger partial charge in [0.25, 0.3) is 0 Å². The highest BCUT2D eigenvalue weighted by atomic mass is 16.2. The van der Waals surface area contributed by atoms with Crippen LogP contribution in [0.25, 0.3) is 0 Å². The third-order valence-corrected chi connectivity index (χ3v) is 2.54. The Hall–Kier alpha value is -1.59. The van der Waals surface area contributed by atoms with Crippen LogP contribution in [-0.4, -0.2) is 26.7 Å². The standard InChI is InChI=1S/C10H19N5O/c1-7(10(2,3)4)13-8(16)5-15-6-12-9(11)14-15/h6-7H,5H2,1-4H3,(H2,11,14)(H,13,16). The van der Waals surface area contributed by atoms with Crippen LogP contribution < -0.4 is 11.1 Å². The van der Waals surface area contributed by atoms with Crippen molar-refractivity contribution < 1.29 is 4.79 Å². The van der Waals surface area contributed by atoms with Gasteiger partial charge >= 0.3 is 0 Å². The van der Waals surface area contributed by atoms with Crippen LogP contribution in [0.2, 0.25) is 0 Å². The number of nitrogens with one attached hydrogen (secondary N) is 1. The molecule has 1 unspecified atom stereocenters. The fourth-order valence-corrected chi connectivity index (χ4v) is 1.04. The van der Waals surface area contributed by atoms with Gasteiger partial charge in [-0.05, 0) is 12.3 Å². The van der Waals surface area contributed by atoms with E-state index in [0.717, 1.165) is 0 Å². The molecule has 6 heteroatoms. The predicted octanol–water partition coefficient (Wildman–Crippen LogP) is 0.411. The third kappa shape index (κ3) is 3.52. The summed E-state index contributed by atoms with van der Waals surface area (Å²) < 4.78 is 1.42. The van der Waals surface area contributed by atoms with Gasteiger partial charge in [0.1, 0.15) is 12.9 Å². The number of carbonyl (C=O) groups is 1. The molecule has 0 spiro atoms. The lowest BCUT2D eigenvalue weighted by Crippen LogP contribution is -2.42. The molecule has 0 saturated heterocycles. The Morgan fingerprint density at radius 3 is 2.69 bits per heavy atom. The van der Waals surface area contributed by atoms with Crippen molar-refractivity contribution in [2.45, 2.75) is 40.3 Å². The molecule has 16 heavy (non-hydrogen) atoms. The van der Waals surface area contributed by atoms with E-state index in [1.165, 1.54) is 11.0 Å². The quantitative estimate of drug-likeness (QED) is 0.780. The summed E-state index contributed by atoms with van der Waals surface area (Å²) in [6.07, 6.45) is 1.44. The molecule has 0 aromatic carbocycles. The minimum atomic E-state index is -0.0904. The molecular formula is C10H19N5O. The van der Waals surface area contributed by atoms with E-state index in [0.29, 0.717) is 0 Å². The van der Waals surface area contributed by atoms with E-state index in [-0.39, 0.29) is 29.9 Å². The molecular weight excluding hydrogens is 206 g/mol. The fraction of sp³-hybridized carbons (Fsp3) is 0.700. The lowest BCUT2D eigenvalue weighted by atomic mass is 9.88. The Morgan fingerprint density at radius 2 is 2.25 bits per heavy atom. The van der Waals surface area contributed by atoms with Crippen LogP contribution in [-0.2, 0) is 11.3 Å². The Kier molecular flexibility index (Phi) is 3.51. The van der Waals surface area contributed by atoms with Crippen LogP contribution in [0, 0.1) is 5.41 Å². The molecule has 0 aliphatic rings. The minimum absolute atomic E-state index is 0.0387. The second-order valence-electron chi connectivity index (χ2n) is 4.96. The van der Waals surface area contributed by atoms with Gasteiger partial charge in [0, 0.05) is 6.04 Å². The van der Waals surface area contributed by atoms with Crippen molar-refractivity contribution in [1.82, 2.24) is 20.1 Å². The fourth-order valence-electron chi connectivity index (χ4n) is 1.04. The number of hydrogen-bond acceptors (Lipinski definition) is 4. The van der Waals surface area contributed by atoms with Gasteiger partial charge in [-0.15, -0.1) is 5.10 Å². The number of aromatic nitrogens is 3. The molecule has 0 aliphatic heterocycles. The van der Waals surface area contributed by atoms with Crippen LogP contribution in [0.15, 0.2) is 6.33 Å². The largest absolute Gasteiger partial charge is 0.367 e. The number of nitrogens with two attached hydrogens (primary N) is 1. The molecule has 1 aromatic heterocycles. The van der Waals surface area contributed by atoms with Gasteiger partial charge in [-0.25, -0.2) is 9.67 Å². The van der Waals surface area contributed by atoms with Crippen molar-refractivity contribution >= 4 is 11.9 Å². The van der Waals surface area contributed by atoms with E-state index in [2.05, 4.69) is 36.2 Å². The first kappa shape index (κ1) is 12.5. The van der Waals surface area contributed by atoms with E-state index in [4.69, 9.17) is 5.73 Å². The molecule has 1 aromatic rings. The summed E-state index contributed by atoms with van der Waals surface area (Å²) in [6, 6.07) is 0.0980. The molecule has 1 rings (SSSR count). The van der Waals surface area contributed by atoms with Gasteiger partial charge in [0.05, 0.1) is 0 Å². The van der Waals surface area contributed by atoms with E-state index >= 15 is 0 Å². The van der Waals surface area contributed by atoms with Gasteiger partial charge < -0.3 is 11.1 Å². The molecule has 0 radical (unpaired) electrons. The van der Waals surface area contributed by atoms with Crippen LogP contribution in [0.5, 0.6) is 0 Å². The Balaban J connectivity index is 2.48. The number of hydrogen-bond donors (Lipinski definition) is 2. The molecule has 1 heterocycles. The second kappa shape index (κ2) is 4.51. The topological polar surface area (TPSA) is 85.8 Å². The Bertz CT molecular complexity index is 366. The lowest BCUT2D eigenvalue weighted by molar-refractivity contribution is -0.123. The van der Waals surface area contributed by atoms with Crippen molar-refractivity contribution in [2.24, 2.45) is 5.41 Å². The summed E-state index contributed by atoms with van der Waals surface area (Å²) >= 11 is 0. The monoisotopic (exact) mass is 225 g/mol. The number of nitrogens with zero attached hydrogens (tertiary/aromatic N) is 3. The summed E-state index contributed by atoms with van der Waals surface area (Å²) in [5.41, 5.74) is 5.39. The van der Waals surface area contributed by atoms with Crippen molar-refractivity contribution in [1.29, 1.82) is 0 Å². The summed E-state index contributed by atoms with van der Waals surface area (Å²) in [7, 11) is 0. The molecule has 0 fully saturated rings. The van der Waals surface area contributed by atoms with Gasteiger partial charge in [-0.1, -0.05) is 20.8 Å². The van der Waals surface area contributed by atoms with Crippen LogP contribution in [0.4, 0.5) is 5.95 Å². The van der Waals surface area contributed by atoms with E-state index in [1.807, 2.05) is 6.92 Å². The molecule has 0 saturated carbocycles. The van der Waals surface area contributed by atoms with Gasteiger partial charge in [0.2, 0.25) is 11.9 Å². The molecule has 90 valence electrons. The highest BCUT2D eigenvalue weighted by molar-refractivity contribution is 5.75. The maximum Gasteiger partial charge on any atom is 0.242 e. The lowest BCUT2D eigenvalue weighted by Gasteiger charge is -2.27. The van der Waals surface area contributed by atoms with Gasteiger partial charge in [-0.3, -0.25) is 4.79 Å². The average molecular weight is 225 g/mol. The first-order valence-corrected chi connectivity index (χ1v) is 5.23. The normalized spacial score (nSPS) is 13.5. The van der Waals surface area contributed by atoms with Crippen molar-refractivity contribution in [3.05, 3.63) is 6.33 Å². The second-order valence-corrected chi connectivity index (χ2v) is 4.96. The molecule has 6 nitrogen and oxygen atoms in total. The van der Waals surface area contributed by atoms with Crippen molar-refractivity contribution in [3.8, 4) is 0 Å². The van der Waals surface area contributed by atoms with Crippen LogP contribution in [0.3, 0.4) is 0 Å². The van der Waals surface area contributed by atoms with Crippen molar-refractivity contribution in [2.75, 3.05) is 5.73 Å². The summed E-state index contributed by atoms with van der Waals surface area (Å²) in [6.45, 7) is 8.35. The van der Waals surface area contributed by atoms with Gasteiger partial charge in [-0.2, -0.15) is 0 Å². The molecule has 0 bridgehead atoms. The van der Waals surface area contributed by atoms with Gasteiger partial charge in [0.15, 0.2) is 0 Å². The average Bonchev–Trinajstić information content (AvgIpc) is 2.49. The summed E-state index contributed by atoms with van der Waals surface area (Å²) in [5, 5.41) is 6.75. The number of nitrogen functional groups attached to an aromatic ring is 1. The highest BCUT2D eigenvalue weighted by Gasteiger charge is 2.21. The summed E-state index contributed by atoms with van der Waals surface area (Å²) in [5.74, 6) is 0.0870. The van der Waals surface area contributed by atoms with E-state index in [1.54, 1.807) is 0 Å². The summed E-state index contributed by atoms with van der Waals surface area (Å²) in [4.78, 5) is 15.4. The molecule has 3 N–H and O–H groups in total. The van der Waals surface area contributed by atoms with Crippen LogP contribution in [0.1, 0.15) is 27.7 Å². The molecule has 0 aliphatic carbocycles. The van der Waals surface area contributed by atoms with E-state index in [9.17, 15) is 4.79 Å². The maximum absolute atomic E-state index is 11.6. The minimum Gasteiger partial charge on any atom is -0.367 e. The predicted molar refractivity (Wildman–Crippen MR) is 61.5 cm³/mol. The van der Waals surface area contributed by atoms with E-state index < -0.39 is 0 Å². The first-order valence-electron chi connectivity index (χ1n) is 5.23. The SMILES string of the molecule is CC(NC(=O)Cn1cnc(N)n1)C(C)(C)C. The zero-order valence-corrected chi connectivity index (χ0v) is 10.2. The van der Waals surface area contributed by atoms with Crippen molar-refractivity contribution in [3.63, 3.8) is 0 Å². The Morgan fingerprint density at radius 1 is 1.62 bits per heavy atom. The number of amides is 1. The maximum atomic E-state index is 11.6. The van der Waals surface area contributed by atoms with Crippen LogP contribution >= 0.6 is 0 Å². The molecule has 1 amide bonds.